The Bertz CT molecular complexity index is 128. The molecule has 0 heterocycles. The van der Waals surface area contributed by atoms with E-state index >= 15 is 0 Å². The van der Waals surface area contributed by atoms with E-state index in [0.717, 1.165) is 19.0 Å². The third kappa shape index (κ3) is 6.68. The van der Waals surface area contributed by atoms with Gasteiger partial charge in [0.05, 0.1) is 0 Å². The van der Waals surface area contributed by atoms with Gasteiger partial charge in [0.2, 0.25) is 0 Å². The van der Waals surface area contributed by atoms with Gasteiger partial charge in [0.1, 0.15) is 0 Å². The fraction of sp³-hybridized carbons (Fsp3) is 1.00. The Morgan fingerprint density at radius 3 is 2.43 bits per heavy atom. The average Bonchev–Trinajstić information content (AvgIpc) is 2.11. The van der Waals surface area contributed by atoms with Crippen LogP contribution >= 0.6 is 11.8 Å². The zero-order valence-electron chi connectivity index (χ0n) is 10.1. The molecule has 0 aliphatic rings. The summed E-state index contributed by atoms with van der Waals surface area (Å²) < 4.78 is 0. The second-order valence-corrected chi connectivity index (χ2v) is 5.60. The summed E-state index contributed by atoms with van der Waals surface area (Å²) in [5, 5.41) is 0. The highest BCUT2D eigenvalue weighted by molar-refractivity contribution is 7.99. The van der Waals surface area contributed by atoms with Crippen LogP contribution in [0.25, 0.3) is 0 Å². The van der Waals surface area contributed by atoms with Gasteiger partial charge in [0.25, 0.3) is 0 Å². The van der Waals surface area contributed by atoms with Gasteiger partial charge in [0.15, 0.2) is 0 Å². The summed E-state index contributed by atoms with van der Waals surface area (Å²) in [6.07, 6.45) is 1.22. The van der Waals surface area contributed by atoms with Gasteiger partial charge in [-0.2, -0.15) is 11.8 Å². The second kappa shape index (κ2) is 8.57. The van der Waals surface area contributed by atoms with Crippen molar-refractivity contribution >= 4 is 11.8 Å². The minimum absolute atomic E-state index is 0.566. The predicted molar refractivity (Wildman–Crippen MR) is 67.9 cm³/mol. The highest BCUT2D eigenvalue weighted by atomic mass is 32.2. The van der Waals surface area contributed by atoms with Gasteiger partial charge < -0.3 is 10.6 Å². The summed E-state index contributed by atoms with van der Waals surface area (Å²) in [6.45, 7) is 8.65. The van der Waals surface area contributed by atoms with Gasteiger partial charge in [-0.1, -0.05) is 20.8 Å². The molecule has 1 atom stereocenters. The smallest absolute Gasteiger partial charge is 0.0223 e. The lowest BCUT2D eigenvalue weighted by Gasteiger charge is -2.28. The summed E-state index contributed by atoms with van der Waals surface area (Å²) in [4.78, 5) is 2.40. The van der Waals surface area contributed by atoms with Gasteiger partial charge in [-0.05, 0) is 30.9 Å². The van der Waals surface area contributed by atoms with Crippen LogP contribution in [-0.4, -0.2) is 42.6 Å². The molecule has 1 unspecified atom stereocenters. The van der Waals surface area contributed by atoms with Crippen LogP contribution in [0.4, 0.5) is 0 Å². The van der Waals surface area contributed by atoms with Gasteiger partial charge in [-0.15, -0.1) is 0 Å². The molecular formula is C11H26N2S. The van der Waals surface area contributed by atoms with Crippen molar-refractivity contribution < 1.29 is 0 Å². The van der Waals surface area contributed by atoms with E-state index in [0.29, 0.717) is 6.04 Å². The molecule has 0 saturated heterocycles. The van der Waals surface area contributed by atoms with Crippen molar-refractivity contribution in [2.24, 2.45) is 11.7 Å². The fourth-order valence-electron chi connectivity index (χ4n) is 1.61. The van der Waals surface area contributed by atoms with Gasteiger partial charge >= 0.3 is 0 Å². The molecule has 0 fully saturated rings. The minimum atomic E-state index is 0.566. The third-order valence-corrected chi connectivity index (χ3v) is 3.28. The molecule has 0 bridgehead atoms. The van der Waals surface area contributed by atoms with Crippen LogP contribution in [0, 0.1) is 5.92 Å². The summed E-state index contributed by atoms with van der Waals surface area (Å²) in [5.74, 6) is 3.18. The van der Waals surface area contributed by atoms with Crippen LogP contribution in [0.1, 0.15) is 27.2 Å². The zero-order chi connectivity index (χ0) is 11.0. The summed E-state index contributed by atoms with van der Waals surface area (Å²) in [7, 11) is 2.19. The van der Waals surface area contributed by atoms with E-state index < -0.39 is 0 Å². The largest absolute Gasteiger partial charge is 0.329 e. The van der Waals surface area contributed by atoms with E-state index in [4.69, 9.17) is 5.73 Å². The molecule has 0 aliphatic carbocycles. The van der Waals surface area contributed by atoms with E-state index in [2.05, 4.69) is 32.7 Å². The topological polar surface area (TPSA) is 29.3 Å². The summed E-state index contributed by atoms with van der Waals surface area (Å²) >= 11 is 2.01. The molecule has 86 valence electrons. The van der Waals surface area contributed by atoms with Crippen molar-refractivity contribution in [1.82, 2.24) is 4.90 Å². The first-order valence-corrected chi connectivity index (χ1v) is 6.75. The zero-order valence-corrected chi connectivity index (χ0v) is 10.9. The molecular weight excluding hydrogens is 192 g/mol. The van der Waals surface area contributed by atoms with Crippen molar-refractivity contribution in [1.29, 1.82) is 0 Å². The lowest BCUT2D eigenvalue weighted by atomic mass is 10.1. The molecule has 3 heteroatoms. The molecule has 0 aromatic carbocycles. The van der Waals surface area contributed by atoms with Crippen LogP contribution < -0.4 is 5.73 Å². The van der Waals surface area contributed by atoms with Crippen LogP contribution in [0.2, 0.25) is 0 Å². The lowest BCUT2D eigenvalue weighted by molar-refractivity contribution is 0.217. The van der Waals surface area contributed by atoms with Crippen molar-refractivity contribution in [3.8, 4) is 0 Å². The van der Waals surface area contributed by atoms with Crippen molar-refractivity contribution in [3.05, 3.63) is 0 Å². The van der Waals surface area contributed by atoms with Gasteiger partial charge in [-0.3, -0.25) is 0 Å². The summed E-state index contributed by atoms with van der Waals surface area (Å²) in [5.41, 5.74) is 5.78. The van der Waals surface area contributed by atoms with E-state index in [-0.39, 0.29) is 0 Å². The molecule has 0 radical (unpaired) electrons. The quantitative estimate of drug-likeness (QED) is 0.632. The minimum Gasteiger partial charge on any atom is -0.329 e. The molecule has 0 aromatic heterocycles. The first kappa shape index (κ1) is 14.3. The highest BCUT2D eigenvalue weighted by Gasteiger charge is 2.13. The molecule has 2 nitrogen and oxygen atoms in total. The second-order valence-electron chi connectivity index (χ2n) is 4.21. The van der Waals surface area contributed by atoms with E-state index in [1.54, 1.807) is 0 Å². The van der Waals surface area contributed by atoms with Crippen molar-refractivity contribution in [3.63, 3.8) is 0 Å². The molecule has 0 amide bonds. The average molecular weight is 218 g/mol. The number of nitrogens with zero attached hydrogens (tertiary/aromatic N) is 1. The number of nitrogens with two attached hydrogens (primary N) is 1. The Balaban J connectivity index is 3.74. The summed E-state index contributed by atoms with van der Waals surface area (Å²) in [6, 6.07) is 0.566. The number of thioether (sulfide) groups is 1. The lowest BCUT2D eigenvalue weighted by Crippen LogP contribution is -2.40. The van der Waals surface area contributed by atoms with Crippen molar-refractivity contribution in [2.75, 3.05) is 31.6 Å². The molecule has 0 rings (SSSR count). The van der Waals surface area contributed by atoms with Crippen LogP contribution in [0.15, 0.2) is 0 Å². The normalized spacial score (nSPS) is 13.9. The van der Waals surface area contributed by atoms with Crippen LogP contribution in [0.5, 0.6) is 0 Å². The Labute approximate surface area is 93.6 Å². The van der Waals surface area contributed by atoms with E-state index in [1.807, 2.05) is 11.8 Å². The fourth-order valence-corrected chi connectivity index (χ4v) is 2.33. The SMILES string of the molecule is CCSCCC(CN)N(C)CC(C)C. The van der Waals surface area contributed by atoms with E-state index in [1.165, 1.54) is 17.9 Å². The number of hydrogen-bond acceptors (Lipinski definition) is 3. The maximum absolute atomic E-state index is 5.78. The maximum atomic E-state index is 5.78. The highest BCUT2D eigenvalue weighted by Crippen LogP contribution is 2.09. The molecule has 0 aliphatic heterocycles. The maximum Gasteiger partial charge on any atom is 0.0223 e. The molecule has 0 aromatic rings. The first-order valence-electron chi connectivity index (χ1n) is 5.59. The number of likely N-dealkylation sites (N-methyl/N-ethyl adjacent to an activating group) is 1. The van der Waals surface area contributed by atoms with Crippen LogP contribution in [-0.2, 0) is 0 Å². The van der Waals surface area contributed by atoms with E-state index in [9.17, 15) is 0 Å². The first-order chi connectivity index (χ1) is 6.61. The molecule has 14 heavy (non-hydrogen) atoms. The molecule has 2 N–H and O–H groups in total. The van der Waals surface area contributed by atoms with Gasteiger partial charge in [-0.25, -0.2) is 0 Å². The Morgan fingerprint density at radius 1 is 1.36 bits per heavy atom. The van der Waals surface area contributed by atoms with Gasteiger partial charge in [0, 0.05) is 19.1 Å². The molecule has 0 saturated carbocycles. The standard InChI is InChI=1S/C11H26N2S/c1-5-14-7-6-11(8-12)13(4)9-10(2)3/h10-11H,5-9,12H2,1-4H3. The third-order valence-electron chi connectivity index (χ3n) is 2.35. The van der Waals surface area contributed by atoms with Crippen molar-refractivity contribution in [2.45, 2.75) is 33.2 Å². The monoisotopic (exact) mass is 218 g/mol. The number of hydrogen-bond donors (Lipinski definition) is 1. The Morgan fingerprint density at radius 2 is 2.00 bits per heavy atom. The number of rotatable bonds is 8. The Kier molecular flexibility index (Phi) is 8.73. The van der Waals surface area contributed by atoms with Crippen LogP contribution in [0.3, 0.4) is 0 Å². The molecule has 0 spiro atoms. The predicted octanol–water partition coefficient (Wildman–Crippen LogP) is 2.04. The Hall–Kier alpha value is 0.270.